The Hall–Kier alpha value is -3.42. The molecule has 1 fully saturated rings. The van der Waals surface area contributed by atoms with Crippen LogP contribution >= 0.6 is 0 Å². The van der Waals surface area contributed by atoms with E-state index in [0.717, 1.165) is 18.7 Å². The fourth-order valence-electron chi connectivity index (χ4n) is 3.02. The normalized spacial score (nSPS) is 14.2. The lowest BCUT2D eigenvalue weighted by molar-refractivity contribution is -0.389. The third kappa shape index (κ3) is 2.67. The summed E-state index contributed by atoms with van der Waals surface area (Å²) in [7, 11) is 0. The van der Waals surface area contributed by atoms with E-state index in [0.29, 0.717) is 17.8 Å². The number of hydrogen-bond donors (Lipinski definition) is 1. The van der Waals surface area contributed by atoms with Crippen LogP contribution in [0.3, 0.4) is 0 Å². The molecule has 1 aromatic carbocycles. The van der Waals surface area contributed by atoms with E-state index in [-0.39, 0.29) is 17.5 Å². The lowest BCUT2D eigenvalue weighted by Gasteiger charge is -2.16. The summed E-state index contributed by atoms with van der Waals surface area (Å²) in [6.07, 6.45) is 3.05. The Morgan fingerprint density at radius 2 is 1.96 bits per heavy atom. The standard InChI is InChI=1S/C17H15N5O3/c23-15-5-3-11-20(15)13-8-6-12(7-9-13)18-16-17(22(24)25)21-10-2-1-4-14(21)19-16/h1-2,4,6-10,18H,3,5,11H2. The summed E-state index contributed by atoms with van der Waals surface area (Å²) in [5, 5.41) is 14.4. The van der Waals surface area contributed by atoms with E-state index in [9.17, 15) is 14.9 Å². The van der Waals surface area contributed by atoms with E-state index < -0.39 is 4.92 Å². The first-order valence-electron chi connectivity index (χ1n) is 7.92. The highest BCUT2D eigenvalue weighted by molar-refractivity contribution is 5.95. The van der Waals surface area contributed by atoms with Crippen LogP contribution < -0.4 is 10.2 Å². The first kappa shape index (κ1) is 15.1. The zero-order valence-corrected chi connectivity index (χ0v) is 13.3. The zero-order chi connectivity index (χ0) is 17.4. The Morgan fingerprint density at radius 3 is 2.64 bits per heavy atom. The fourth-order valence-corrected chi connectivity index (χ4v) is 3.02. The number of anilines is 3. The van der Waals surface area contributed by atoms with Crippen molar-refractivity contribution in [3.63, 3.8) is 0 Å². The number of carbonyl (C=O) groups is 1. The van der Waals surface area contributed by atoms with Crippen LogP contribution in [-0.4, -0.2) is 26.8 Å². The second-order valence-corrected chi connectivity index (χ2v) is 5.79. The van der Waals surface area contributed by atoms with E-state index in [4.69, 9.17) is 0 Å². The van der Waals surface area contributed by atoms with Crippen LogP contribution in [0.4, 0.5) is 23.0 Å². The van der Waals surface area contributed by atoms with E-state index in [2.05, 4.69) is 10.3 Å². The van der Waals surface area contributed by atoms with E-state index in [1.807, 2.05) is 12.1 Å². The number of hydrogen-bond acceptors (Lipinski definition) is 5. The lowest BCUT2D eigenvalue weighted by Crippen LogP contribution is -2.23. The summed E-state index contributed by atoms with van der Waals surface area (Å²) in [6.45, 7) is 0.726. The Balaban J connectivity index is 1.64. The molecule has 0 unspecified atom stereocenters. The molecule has 3 aromatic rings. The molecule has 25 heavy (non-hydrogen) atoms. The number of aromatic nitrogens is 2. The van der Waals surface area contributed by atoms with E-state index >= 15 is 0 Å². The minimum absolute atomic E-state index is 0.116. The predicted octanol–water partition coefficient (Wildman–Crippen LogP) is 3.11. The maximum Gasteiger partial charge on any atom is 0.372 e. The summed E-state index contributed by atoms with van der Waals surface area (Å²) in [5.74, 6) is 0.187. The largest absolute Gasteiger partial charge is 0.372 e. The van der Waals surface area contributed by atoms with Gasteiger partial charge in [-0.2, -0.15) is 9.38 Å². The van der Waals surface area contributed by atoms with Gasteiger partial charge in [0.15, 0.2) is 0 Å². The highest BCUT2D eigenvalue weighted by Crippen LogP contribution is 2.29. The van der Waals surface area contributed by atoms with Gasteiger partial charge in [-0.3, -0.25) is 4.79 Å². The van der Waals surface area contributed by atoms with Crippen molar-refractivity contribution in [1.82, 2.24) is 9.38 Å². The van der Waals surface area contributed by atoms with Gasteiger partial charge in [0, 0.05) is 30.4 Å². The number of nitro groups is 1. The first-order valence-corrected chi connectivity index (χ1v) is 7.92. The fraction of sp³-hybridized carbons (Fsp3) is 0.176. The Kier molecular flexibility index (Phi) is 3.57. The SMILES string of the molecule is O=C1CCCN1c1ccc(Nc2nc3ccccn3c2[N+](=O)[O-])cc1. The van der Waals surface area contributed by atoms with Crippen molar-refractivity contribution in [2.45, 2.75) is 12.8 Å². The number of nitrogens with zero attached hydrogens (tertiary/aromatic N) is 4. The molecule has 0 atom stereocenters. The molecular weight excluding hydrogens is 322 g/mol. The molecule has 0 radical (unpaired) electrons. The van der Waals surface area contributed by atoms with Crippen LogP contribution in [0.1, 0.15) is 12.8 Å². The molecule has 0 bridgehead atoms. The van der Waals surface area contributed by atoms with Crippen molar-refractivity contribution in [3.8, 4) is 0 Å². The Morgan fingerprint density at radius 1 is 1.16 bits per heavy atom. The van der Waals surface area contributed by atoms with Gasteiger partial charge >= 0.3 is 5.82 Å². The van der Waals surface area contributed by atoms with Crippen LogP contribution in [0, 0.1) is 10.1 Å². The van der Waals surface area contributed by atoms with Crippen LogP contribution in [0.25, 0.3) is 5.65 Å². The molecule has 1 amide bonds. The minimum Gasteiger partial charge on any atom is -0.358 e. The molecule has 8 heteroatoms. The maximum absolute atomic E-state index is 11.8. The molecule has 2 aromatic heterocycles. The second-order valence-electron chi connectivity index (χ2n) is 5.79. The third-order valence-corrected chi connectivity index (χ3v) is 4.19. The summed E-state index contributed by atoms with van der Waals surface area (Å²) in [4.78, 5) is 28.8. The van der Waals surface area contributed by atoms with E-state index in [1.165, 1.54) is 4.40 Å². The molecule has 0 saturated carbocycles. The van der Waals surface area contributed by atoms with Gasteiger partial charge in [-0.25, -0.2) is 0 Å². The van der Waals surface area contributed by atoms with Gasteiger partial charge in [-0.05, 0) is 41.7 Å². The van der Waals surface area contributed by atoms with Gasteiger partial charge in [0.05, 0.1) is 6.20 Å². The molecule has 4 rings (SSSR count). The average Bonchev–Trinajstić information content (AvgIpc) is 3.18. The van der Waals surface area contributed by atoms with Crippen molar-refractivity contribution in [1.29, 1.82) is 0 Å². The van der Waals surface area contributed by atoms with Gasteiger partial charge in [0.1, 0.15) is 0 Å². The smallest absolute Gasteiger partial charge is 0.358 e. The Labute approximate surface area is 142 Å². The number of benzene rings is 1. The van der Waals surface area contributed by atoms with Crippen molar-refractivity contribution >= 4 is 34.6 Å². The molecule has 0 spiro atoms. The number of carbonyl (C=O) groups excluding carboxylic acids is 1. The van der Waals surface area contributed by atoms with Crippen molar-refractivity contribution in [2.24, 2.45) is 0 Å². The topological polar surface area (TPSA) is 92.8 Å². The number of amides is 1. The summed E-state index contributed by atoms with van der Waals surface area (Å²) < 4.78 is 1.43. The molecule has 1 aliphatic rings. The van der Waals surface area contributed by atoms with Crippen molar-refractivity contribution in [3.05, 3.63) is 58.8 Å². The van der Waals surface area contributed by atoms with E-state index in [1.54, 1.807) is 41.4 Å². The number of rotatable bonds is 4. The molecule has 8 nitrogen and oxygen atoms in total. The van der Waals surface area contributed by atoms with Gasteiger partial charge in [0.25, 0.3) is 0 Å². The third-order valence-electron chi connectivity index (χ3n) is 4.19. The van der Waals surface area contributed by atoms with Crippen LogP contribution in [0.15, 0.2) is 48.7 Å². The molecule has 3 heterocycles. The maximum atomic E-state index is 11.8. The Bertz CT molecular complexity index is 964. The molecule has 126 valence electrons. The first-order chi connectivity index (χ1) is 12.1. The highest BCUT2D eigenvalue weighted by Gasteiger charge is 2.23. The molecule has 1 aliphatic heterocycles. The molecule has 0 aliphatic carbocycles. The monoisotopic (exact) mass is 337 g/mol. The number of imidazole rings is 1. The summed E-state index contributed by atoms with van der Waals surface area (Å²) in [6, 6.07) is 12.4. The predicted molar refractivity (Wildman–Crippen MR) is 93.2 cm³/mol. The van der Waals surface area contributed by atoms with Crippen LogP contribution in [0.2, 0.25) is 0 Å². The van der Waals surface area contributed by atoms with Gasteiger partial charge in [-0.1, -0.05) is 6.07 Å². The minimum atomic E-state index is -0.459. The number of fused-ring (bicyclic) bond motifs is 1. The summed E-state index contributed by atoms with van der Waals surface area (Å²) in [5.41, 5.74) is 2.00. The quantitative estimate of drug-likeness (QED) is 0.583. The zero-order valence-electron chi connectivity index (χ0n) is 13.3. The van der Waals surface area contributed by atoms with Crippen molar-refractivity contribution < 1.29 is 9.72 Å². The van der Waals surface area contributed by atoms with Crippen LogP contribution in [-0.2, 0) is 4.79 Å². The molecular formula is C17H15N5O3. The lowest BCUT2D eigenvalue weighted by atomic mass is 10.2. The number of pyridine rings is 1. The van der Waals surface area contributed by atoms with Crippen LogP contribution in [0.5, 0.6) is 0 Å². The summed E-state index contributed by atoms with van der Waals surface area (Å²) >= 11 is 0. The molecule has 1 N–H and O–H groups in total. The highest BCUT2D eigenvalue weighted by atomic mass is 16.6. The molecule has 1 saturated heterocycles. The van der Waals surface area contributed by atoms with Crippen molar-refractivity contribution in [2.75, 3.05) is 16.8 Å². The second kappa shape index (κ2) is 5.90. The van der Waals surface area contributed by atoms with Gasteiger partial charge in [0.2, 0.25) is 17.4 Å². The number of nitrogens with one attached hydrogen (secondary N) is 1. The average molecular weight is 337 g/mol. The van der Waals surface area contributed by atoms with Gasteiger partial charge in [-0.15, -0.1) is 0 Å². The van der Waals surface area contributed by atoms with Gasteiger partial charge < -0.3 is 20.3 Å².